The molecule has 0 spiro atoms. The van der Waals surface area contributed by atoms with E-state index >= 15 is 0 Å². The van der Waals surface area contributed by atoms with Crippen molar-refractivity contribution in [2.75, 3.05) is 19.7 Å². The smallest absolute Gasteiger partial charge is 0.311 e. The lowest BCUT2D eigenvalue weighted by molar-refractivity contribution is -0.147. The van der Waals surface area contributed by atoms with Gasteiger partial charge in [-0.3, -0.25) is 14.4 Å². The second kappa shape index (κ2) is 6.34. The second-order valence-corrected chi connectivity index (χ2v) is 4.09. The highest BCUT2D eigenvalue weighted by Gasteiger charge is 2.26. The number of nitrogens with zero attached hydrogens (tertiary/aromatic N) is 1. The molecule has 0 radical (unpaired) electrons. The molecular weight excluding hydrogens is 224 g/mol. The third-order valence-corrected chi connectivity index (χ3v) is 2.85. The fraction of sp³-hybridized carbons (Fsp3) is 0.727. The molecule has 1 unspecified atom stereocenters. The first-order valence-corrected chi connectivity index (χ1v) is 5.80. The van der Waals surface area contributed by atoms with Crippen LogP contribution < -0.4 is 5.32 Å². The van der Waals surface area contributed by atoms with E-state index in [9.17, 15) is 14.4 Å². The van der Waals surface area contributed by atoms with Crippen molar-refractivity contribution < 1.29 is 19.5 Å². The predicted octanol–water partition coefficient (Wildman–Crippen LogP) is -0.935. The number of Topliss-reactive ketones (excluding diaryl/α,β-unsaturated/α-hetero) is 1. The number of aliphatic hydroxyl groups excluding tert-OH is 1. The Balaban J connectivity index is 2.46. The van der Waals surface area contributed by atoms with E-state index in [1.165, 1.54) is 4.90 Å². The Morgan fingerprint density at radius 3 is 2.47 bits per heavy atom. The molecule has 0 saturated carbocycles. The van der Waals surface area contributed by atoms with Gasteiger partial charge in [-0.15, -0.1) is 0 Å². The number of hydrogen-bond donors (Lipinski definition) is 2. The third-order valence-electron chi connectivity index (χ3n) is 2.85. The number of carbonyl (C=O) groups excluding carboxylic acids is 3. The van der Waals surface area contributed by atoms with Crippen LogP contribution in [0.5, 0.6) is 0 Å². The number of piperidine rings is 1. The Labute approximate surface area is 100.0 Å². The molecule has 1 aliphatic rings. The van der Waals surface area contributed by atoms with Gasteiger partial charge in [-0.25, -0.2) is 0 Å². The maximum atomic E-state index is 11.7. The summed E-state index contributed by atoms with van der Waals surface area (Å²) in [7, 11) is 0. The Morgan fingerprint density at radius 2 is 2.00 bits per heavy atom. The molecule has 17 heavy (non-hydrogen) atoms. The lowest BCUT2D eigenvalue weighted by Crippen LogP contribution is -2.49. The predicted molar refractivity (Wildman–Crippen MR) is 60.1 cm³/mol. The van der Waals surface area contributed by atoms with Gasteiger partial charge in [-0.1, -0.05) is 6.92 Å². The maximum Gasteiger partial charge on any atom is 0.311 e. The molecule has 1 fully saturated rings. The number of amides is 2. The Hall–Kier alpha value is -1.43. The summed E-state index contributed by atoms with van der Waals surface area (Å²) in [4.78, 5) is 35.6. The summed E-state index contributed by atoms with van der Waals surface area (Å²) < 4.78 is 0. The van der Waals surface area contributed by atoms with Gasteiger partial charge < -0.3 is 15.3 Å². The van der Waals surface area contributed by atoms with Crippen molar-refractivity contribution in [3.63, 3.8) is 0 Å². The molecule has 0 aromatic carbocycles. The van der Waals surface area contributed by atoms with Gasteiger partial charge in [0.2, 0.25) is 0 Å². The van der Waals surface area contributed by atoms with Crippen LogP contribution in [-0.2, 0) is 14.4 Å². The molecule has 1 saturated heterocycles. The van der Waals surface area contributed by atoms with Crippen LogP contribution in [0.3, 0.4) is 0 Å². The van der Waals surface area contributed by atoms with E-state index in [4.69, 9.17) is 5.11 Å². The fourth-order valence-electron chi connectivity index (χ4n) is 1.63. The van der Waals surface area contributed by atoms with Crippen LogP contribution >= 0.6 is 0 Å². The lowest BCUT2D eigenvalue weighted by atomic mass is 10.1. The fourth-order valence-corrected chi connectivity index (χ4v) is 1.63. The summed E-state index contributed by atoms with van der Waals surface area (Å²) in [5.74, 6) is -1.21. The van der Waals surface area contributed by atoms with Crippen LogP contribution in [0.1, 0.15) is 26.2 Å². The van der Waals surface area contributed by atoms with E-state index in [-0.39, 0.29) is 12.4 Å². The molecule has 96 valence electrons. The number of nitrogens with one attached hydrogen (secondary N) is 1. The van der Waals surface area contributed by atoms with E-state index in [0.717, 1.165) is 0 Å². The SMILES string of the molecule is CCC(CO)NC(=O)C(=O)N1CCC(=O)CC1. The molecule has 0 bridgehead atoms. The van der Waals surface area contributed by atoms with Crippen LogP contribution in [0.4, 0.5) is 0 Å². The minimum atomic E-state index is -0.708. The molecule has 1 heterocycles. The molecule has 1 rings (SSSR count). The summed E-state index contributed by atoms with van der Waals surface area (Å²) >= 11 is 0. The van der Waals surface area contributed by atoms with E-state index in [2.05, 4.69) is 5.32 Å². The zero-order chi connectivity index (χ0) is 12.8. The summed E-state index contributed by atoms with van der Waals surface area (Å²) in [6.45, 7) is 2.24. The highest BCUT2D eigenvalue weighted by Crippen LogP contribution is 2.06. The van der Waals surface area contributed by atoms with Gasteiger partial charge in [-0.05, 0) is 6.42 Å². The highest BCUT2D eigenvalue weighted by molar-refractivity contribution is 6.35. The standard InChI is InChI=1S/C11H18N2O4/c1-2-8(7-14)12-10(16)11(17)13-5-3-9(15)4-6-13/h8,14H,2-7H2,1H3,(H,12,16). The molecule has 1 atom stereocenters. The van der Waals surface area contributed by atoms with Gasteiger partial charge in [0.1, 0.15) is 5.78 Å². The van der Waals surface area contributed by atoms with Crippen molar-refractivity contribution in [2.24, 2.45) is 0 Å². The first kappa shape index (κ1) is 13.6. The highest BCUT2D eigenvalue weighted by atomic mass is 16.3. The van der Waals surface area contributed by atoms with Crippen molar-refractivity contribution >= 4 is 17.6 Å². The van der Waals surface area contributed by atoms with Crippen molar-refractivity contribution in [1.82, 2.24) is 10.2 Å². The summed E-state index contributed by atoms with van der Waals surface area (Å²) in [6.07, 6.45) is 1.19. The number of likely N-dealkylation sites (tertiary alicyclic amines) is 1. The van der Waals surface area contributed by atoms with Crippen LogP contribution in [0.2, 0.25) is 0 Å². The minimum Gasteiger partial charge on any atom is -0.394 e. The Kier molecular flexibility index (Phi) is 5.09. The van der Waals surface area contributed by atoms with E-state index in [1.807, 2.05) is 6.92 Å². The summed E-state index contributed by atoms with van der Waals surface area (Å²) in [6, 6.07) is -0.391. The molecule has 0 aromatic rings. The number of ketones is 1. The third kappa shape index (κ3) is 3.81. The second-order valence-electron chi connectivity index (χ2n) is 4.09. The zero-order valence-corrected chi connectivity index (χ0v) is 9.94. The van der Waals surface area contributed by atoms with Crippen LogP contribution in [0.15, 0.2) is 0 Å². The van der Waals surface area contributed by atoms with Crippen molar-refractivity contribution in [1.29, 1.82) is 0 Å². The monoisotopic (exact) mass is 242 g/mol. The minimum absolute atomic E-state index is 0.122. The largest absolute Gasteiger partial charge is 0.394 e. The van der Waals surface area contributed by atoms with Crippen LogP contribution in [0, 0.1) is 0 Å². The van der Waals surface area contributed by atoms with Gasteiger partial charge in [0, 0.05) is 25.9 Å². The average Bonchev–Trinajstić information content (AvgIpc) is 2.35. The molecule has 6 nitrogen and oxygen atoms in total. The maximum absolute atomic E-state index is 11.7. The van der Waals surface area contributed by atoms with Crippen LogP contribution in [0.25, 0.3) is 0 Å². The quantitative estimate of drug-likeness (QED) is 0.626. The molecule has 0 aliphatic carbocycles. The number of rotatable bonds is 3. The Morgan fingerprint density at radius 1 is 1.41 bits per heavy atom. The molecular formula is C11H18N2O4. The van der Waals surface area contributed by atoms with Gasteiger partial charge in [0.05, 0.1) is 12.6 Å². The van der Waals surface area contributed by atoms with Gasteiger partial charge in [-0.2, -0.15) is 0 Å². The summed E-state index contributed by atoms with van der Waals surface area (Å²) in [5.41, 5.74) is 0. The van der Waals surface area contributed by atoms with Crippen LogP contribution in [-0.4, -0.2) is 53.3 Å². The number of carbonyl (C=O) groups is 3. The van der Waals surface area contributed by atoms with Crippen molar-refractivity contribution in [2.45, 2.75) is 32.2 Å². The van der Waals surface area contributed by atoms with Crippen molar-refractivity contribution in [3.05, 3.63) is 0 Å². The van der Waals surface area contributed by atoms with Gasteiger partial charge in [0.15, 0.2) is 0 Å². The molecule has 1 aliphatic heterocycles. The normalized spacial score (nSPS) is 17.8. The number of aliphatic hydroxyl groups is 1. The lowest BCUT2D eigenvalue weighted by Gasteiger charge is -2.26. The van der Waals surface area contributed by atoms with Gasteiger partial charge >= 0.3 is 11.8 Å². The van der Waals surface area contributed by atoms with E-state index in [0.29, 0.717) is 32.4 Å². The summed E-state index contributed by atoms with van der Waals surface area (Å²) in [5, 5.41) is 11.4. The average molecular weight is 242 g/mol. The van der Waals surface area contributed by atoms with Gasteiger partial charge in [0.25, 0.3) is 0 Å². The molecule has 0 aromatic heterocycles. The van der Waals surface area contributed by atoms with E-state index < -0.39 is 17.9 Å². The van der Waals surface area contributed by atoms with Crippen molar-refractivity contribution in [3.8, 4) is 0 Å². The topological polar surface area (TPSA) is 86.7 Å². The Bertz CT molecular complexity index is 303. The van der Waals surface area contributed by atoms with E-state index in [1.54, 1.807) is 0 Å². The first-order chi connectivity index (χ1) is 8.08. The molecule has 2 N–H and O–H groups in total. The number of hydrogen-bond acceptors (Lipinski definition) is 4. The molecule has 2 amide bonds. The first-order valence-electron chi connectivity index (χ1n) is 5.80. The zero-order valence-electron chi connectivity index (χ0n) is 9.94. The molecule has 6 heteroatoms.